The summed E-state index contributed by atoms with van der Waals surface area (Å²) in [6.07, 6.45) is 0.0707. The van der Waals surface area contributed by atoms with Gasteiger partial charge in [-0.05, 0) is 45.7 Å². The summed E-state index contributed by atoms with van der Waals surface area (Å²) < 4.78 is 5.11. The van der Waals surface area contributed by atoms with E-state index < -0.39 is 11.7 Å². The topological polar surface area (TPSA) is 77.2 Å². The number of nitrogen functional groups attached to an aromatic ring is 1. The van der Waals surface area contributed by atoms with Crippen LogP contribution in [-0.2, 0) is 4.74 Å². The number of hydrogen-bond acceptors (Lipinski definition) is 4. The molecular weight excluding hydrogens is 254 g/mol. The van der Waals surface area contributed by atoms with Crippen LogP contribution in [0.15, 0.2) is 12.1 Å². The van der Waals surface area contributed by atoms with E-state index in [4.69, 9.17) is 10.5 Å². The van der Waals surface area contributed by atoms with Crippen LogP contribution < -0.4 is 11.1 Å². The molecule has 0 radical (unpaired) electrons. The molecule has 0 aliphatic heterocycles. The van der Waals surface area contributed by atoms with E-state index >= 15 is 0 Å². The fourth-order valence-electron chi connectivity index (χ4n) is 1.36. The maximum Gasteiger partial charge on any atom is 0.407 e. The van der Waals surface area contributed by atoms with Crippen LogP contribution in [0.4, 0.5) is 10.5 Å². The van der Waals surface area contributed by atoms with Gasteiger partial charge in [0.1, 0.15) is 11.3 Å². The van der Waals surface area contributed by atoms with Crippen LogP contribution in [0.3, 0.4) is 0 Å². The first-order chi connectivity index (χ1) is 9.28. The summed E-state index contributed by atoms with van der Waals surface area (Å²) in [6, 6.07) is 3.62. The number of alkyl carbamates (subject to hydrolysis) is 1. The average molecular weight is 275 g/mol. The van der Waals surface area contributed by atoms with Crippen molar-refractivity contribution in [3.63, 3.8) is 0 Å². The molecule has 0 aromatic carbocycles. The first kappa shape index (κ1) is 15.8. The molecule has 20 heavy (non-hydrogen) atoms. The quantitative estimate of drug-likeness (QED) is 0.641. The number of aryl methyl sites for hydroxylation is 1. The zero-order valence-electron chi connectivity index (χ0n) is 12.4. The van der Waals surface area contributed by atoms with Crippen LogP contribution in [0.25, 0.3) is 0 Å². The second-order valence-electron chi connectivity index (χ2n) is 5.37. The summed E-state index contributed by atoms with van der Waals surface area (Å²) in [4.78, 5) is 15.6. The van der Waals surface area contributed by atoms with E-state index in [0.717, 1.165) is 5.69 Å². The lowest BCUT2D eigenvalue weighted by Crippen LogP contribution is -2.32. The minimum atomic E-state index is -0.490. The molecule has 0 aliphatic carbocycles. The van der Waals surface area contributed by atoms with Crippen LogP contribution >= 0.6 is 0 Å². The third-order valence-corrected chi connectivity index (χ3v) is 2.19. The highest BCUT2D eigenvalue weighted by Gasteiger charge is 2.15. The number of carbonyl (C=O) groups excluding carboxylic acids is 1. The van der Waals surface area contributed by atoms with Crippen molar-refractivity contribution in [2.45, 2.75) is 39.7 Å². The molecule has 0 saturated heterocycles. The Morgan fingerprint density at radius 3 is 2.80 bits per heavy atom. The number of nitrogens with two attached hydrogens (primary N) is 1. The Hall–Kier alpha value is -2.22. The van der Waals surface area contributed by atoms with Gasteiger partial charge in [-0.25, -0.2) is 9.78 Å². The van der Waals surface area contributed by atoms with Gasteiger partial charge >= 0.3 is 6.09 Å². The molecular formula is C15H21N3O2. The van der Waals surface area contributed by atoms with E-state index in [0.29, 0.717) is 24.3 Å². The van der Waals surface area contributed by atoms with E-state index in [9.17, 15) is 4.79 Å². The molecule has 0 spiro atoms. The summed E-state index contributed by atoms with van der Waals surface area (Å²) in [7, 11) is 0. The number of anilines is 1. The number of ether oxygens (including phenoxy) is 1. The Morgan fingerprint density at radius 2 is 2.15 bits per heavy atom. The molecule has 0 bridgehead atoms. The van der Waals surface area contributed by atoms with Crippen molar-refractivity contribution in [1.82, 2.24) is 10.3 Å². The first-order valence-electron chi connectivity index (χ1n) is 6.47. The molecule has 5 nitrogen and oxygen atoms in total. The third kappa shape index (κ3) is 6.10. The van der Waals surface area contributed by atoms with E-state index in [1.165, 1.54) is 0 Å². The minimum absolute atomic E-state index is 0.424. The highest BCUT2D eigenvalue weighted by Crippen LogP contribution is 2.08. The van der Waals surface area contributed by atoms with Crippen molar-refractivity contribution < 1.29 is 9.53 Å². The van der Waals surface area contributed by atoms with Crippen molar-refractivity contribution in [2.24, 2.45) is 0 Å². The second-order valence-corrected chi connectivity index (χ2v) is 5.37. The van der Waals surface area contributed by atoms with Gasteiger partial charge in [0.25, 0.3) is 0 Å². The summed E-state index contributed by atoms with van der Waals surface area (Å²) in [6.45, 7) is 7.76. The van der Waals surface area contributed by atoms with Crippen molar-refractivity contribution >= 4 is 11.8 Å². The Kier molecular flexibility index (Phi) is 5.39. The van der Waals surface area contributed by atoms with Gasteiger partial charge in [-0.3, -0.25) is 0 Å². The molecule has 1 aromatic heterocycles. The molecule has 0 fully saturated rings. The molecule has 1 rings (SSSR count). The highest BCUT2D eigenvalue weighted by atomic mass is 16.6. The average Bonchev–Trinajstić information content (AvgIpc) is 2.30. The van der Waals surface area contributed by atoms with Gasteiger partial charge in [0.2, 0.25) is 0 Å². The van der Waals surface area contributed by atoms with E-state index in [1.807, 2.05) is 33.8 Å². The minimum Gasteiger partial charge on any atom is -0.444 e. The number of nitrogens with one attached hydrogen (secondary N) is 1. The summed E-state index contributed by atoms with van der Waals surface area (Å²) in [5, 5.41) is 2.64. The van der Waals surface area contributed by atoms with Crippen molar-refractivity contribution in [1.29, 1.82) is 0 Å². The molecule has 1 aromatic rings. The second kappa shape index (κ2) is 6.80. The summed E-state index contributed by atoms with van der Waals surface area (Å²) in [5.41, 5.74) is 7.28. The maximum absolute atomic E-state index is 11.4. The predicted octanol–water partition coefficient (Wildman–Crippen LogP) is 2.24. The van der Waals surface area contributed by atoms with Gasteiger partial charge in [0.05, 0.1) is 5.69 Å². The third-order valence-electron chi connectivity index (χ3n) is 2.19. The monoisotopic (exact) mass is 275 g/mol. The lowest BCUT2D eigenvalue weighted by molar-refractivity contribution is 0.0529. The number of carbonyl (C=O) groups is 1. The van der Waals surface area contributed by atoms with Crippen molar-refractivity contribution in [3.8, 4) is 11.8 Å². The van der Waals surface area contributed by atoms with Crippen LogP contribution in [0, 0.1) is 18.8 Å². The lowest BCUT2D eigenvalue weighted by atomic mass is 10.2. The van der Waals surface area contributed by atoms with Crippen LogP contribution in [-0.4, -0.2) is 23.2 Å². The zero-order valence-corrected chi connectivity index (χ0v) is 12.4. The van der Waals surface area contributed by atoms with Gasteiger partial charge in [0.15, 0.2) is 0 Å². The number of amides is 1. The van der Waals surface area contributed by atoms with Gasteiger partial charge in [-0.15, -0.1) is 0 Å². The SMILES string of the molecule is Cc1ccc(N)c(C#CCCNC(=O)OC(C)(C)C)n1. The Labute approximate surface area is 119 Å². The lowest BCUT2D eigenvalue weighted by Gasteiger charge is -2.19. The fourth-order valence-corrected chi connectivity index (χ4v) is 1.36. The number of pyridine rings is 1. The van der Waals surface area contributed by atoms with Crippen LogP contribution in [0.2, 0.25) is 0 Å². The van der Waals surface area contributed by atoms with Crippen LogP contribution in [0.5, 0.6) is 0 Å². The van der Waals surface area contributed by atoms with Crippen molar-refractivity contribution in [2.75, 3.05) is 12.3 Å². The van der Waals surface area contributed by atoms with E-state index in [1.54, 1.807) is 6.07 Å². The standard InChI is InChI=1S/C15H21N3O2/c1-11-8-9-12(16)13(18-11)7-5-6-10-17-14(19)20-15(2,3)4/h8-9H,6,10,16H2,1-4H3,(H,17,19). The number of rotatable bonds is 2. The van der Waals surface area contributed by atoms with Gasteiger partial charge in [-0.1, -0.05) is 5.92 Å². The largest absolute Gasteiger partial charge is 0.444 e. The Balaban J connectivity index is 2.40. The summed E-state index contributed by atoms with van der Waals surface area (Å²) in [5.74, 6) is 5.82. The first-order valence-corrected chi connectivity index (χ1v) is 6.47. The molecule has 0 saturated carbocycles. The number of hydrogen-bond donors (Lipinski definition) is 2. The smallest absolute Gasteiger partial charge is 0.407 e. The highest BCUT2D eigenvalue weighted by molar-refractivity contribution is 5.67. The summed E-state index contributed by atoms with van der Waals surface area (Å²) >= 11 is 0. The van der Waals surface area contributed by atoms with Crippen LogP contribution in [0.1, 0.15) is 38.6 Å². The number of nitrogens with zero attached hydrogens (tertiary/aromatic N) is 1. The molecule has 1 heterocycles. The van der Waals surface area contributed by atoms with Gasteiger partial charge in [-0.2, -0.15) is 0 Å². The molecule has 5 heteroatoms. The van der Waals surface area contributed by atoms with E-state index in [2.05, 4.69) is 22.1 Å². The Morgan fingerprint density at radius 1 is 1.45 bits per heavy atom. The van der Waals surface area contributed by atoms with E-state index in [-0.39, 0.29) is 0 Å². The van der Waals surface area contributed by atoms with Gasteiger partial charge < -0.3 is 15.8 Å². The molecule has 0 unspecified atom stereocenters. The molecule has 0 aliphatic rings. The number of aromatic nitrogens is 1. The zero-order chi connectivity index (χ0) is 15.2. The predicted molar refractivity (Wildman–Crippen MR) is 79.1 cm³/mol. The molecule has 3 N–H and O–H groups in total. The normalized spacial score (nSPS) is 10.4. The Bertz CT molecular complexity index is 536. The molecule has 0 atom stereocenters. The van der Waals surface area contributed by atoms with Gasteiger partial charge in [0, 0.05) is 18.7 Å². The molecule has 108 valence electrons. The van der Waals surface area contributed by atoms with Crippen molar-refractivity contribution in [3.05, 3.63) is 23.5 Å². The maximum atomic E-state index is 11.4. The molecule has 1 amide bonds. The fraction of sp³-hybridized carbons (Fsp3) is 0.467.